The minimum atomic E-state index is 0.240. The maximum atomic E-state index is 6.34. The number of nitrogens with one attached hydrogen (secondary N) is 2. The second-order valence-corrected chi connectivity index (χ2v) is 10.00. The lowest BCUT2D eigenvalue weighted by atomic mass is 10.0. The molecule has 2 aromatic carbocycles. The summed E-state index contributed by atoms with van der Waals surface area (Å²) in [6, 6.07) is 23.4. The van der Waals surface area contributed by atoms with Crippen LogP contribution in [0.1, 0.15) is 16.5 Å². The molecule has 5 nitrogen and oxygen atoms in total. The van der Waals surface area contributed by atoms with Gasteiger partial charge in [0.05, 0.1) is 16.6 Å². The van der Waals surface area contributed by atoms with Crippen molar-refractivity contribution in [2.45, 2.75) is 6.04 Å². The van der Waals surface area contributed by atoms with E-state index in [0.717, 1.165) is 48.6 Å². The number of benzene rings is 2. The molecule has 7 heteroatoms. The number of aromatic nitrogens is 3. The van der Waals surface area contributed by atoms with Crippen molar-refractivity contribution in [3.63, 3.8) is 0 Å². The Morgan fingerprint density at radius 2 is 1.71 bits per heavy atom. The Morgan fingerprint density at radius 1 is 0.912 bits per heavy atom. The third-order valence-electron chi connectivity index (χ3n) is 6.32. The van der Waals surface area contributed by atoms with Gasteiger partial charge in [-0.15, -0.1) is 11.3 Å². The highest BCUT2D eigenvalue weighted by atomic mass is 35.5. The zero-order valence-corrected chi connectivity index (χ0v) is 20.1. The largest absolute Gasteiger partial charge is 0.338 e. The topological polar surface area (TPSA) is 56.8 Å². The molecule has 1 aliphatic rings. The standard InChI is InChI=1S/C27H24ClN5S/c28-21-5-2-6-22-25(21)32-27(31-22)20-4-1-3-19(17-20)23-7-8-24(34-23)26(18-9-11-29-12-10-18)33-15-13-30-14-16-33/h1-12,17,26,30H,13-16H2,(H,31,32). The Bertz CT molecular complexity index is 1420. The van der Waals surface area contributed by atoms with E-state index >= 15 is 0 Å². The van der Waals surface area contributed by atoms with Crippen LogP contribution in [0.2, 0.25) is 5.02 Å². The Kier molecular flexibility index (Phi) is 5.89. The number of fused-ring (bicyclic) bond motifs is 1. The number of para-hydroxylation sites is 1. The predicted molar refractivity (Wildman–Crippen MR) is 140 cm³/mol. The van der Waals surface area contributed by atoms with Gasteiger partial charge in [0.2, 0.25) is 0 Å². The first-order valence-electron chi connectivity index (χ1n) is 11.5. The molecule has 34 heavy (non-hydrogen) atoms. The van der Waals surface area contributed by atoms with Crippen LogP contribution in [0, 0.1) is 0 Å². The summed E-state index contributed by atoms with van der Waals surface area (Å²) in [4.78, 5) is 17.6. The number of H-pyrrole nitrogens is 1. The van der Waals surface area contributed by atoms with Gasteiger partial charge in [0.1, 0.15) is 11.3 Å². The van der Waals surface area contributed by atoms with Crippen molar-refractivity contribution in [2.24, 2.45) is 0 Å². The molecule has 2 N–H and O–H groups in total. The van der Waals surface area contributed by atoms with Crippen LogP contribution in [0.5, 0.6) is 0 Å². The number of hydrogen-bond donors (Lipinski definition) is 2. The number of hydrogen-bond acceptors (Lipinski definition) is 5. The average Bonchev–Trinajstić information content (AvgIpc) is 3.55. The van der Waals surface area contributed by atoms with Crippen LogP contribution in [0.25, 0.3) is 32.9 Å². The smallest absolute Gasteiger partial charge is 0.138 e. The Balaban J connectivity index is 1.35. The zero-order valence-electron chi connectivity index (χ0n) is 18.5. The summed E-state index contributed by atoms with van der Waals surface area (Å²) in [5.74, 6) is 0.831. The third-order valence-corrected chi connectivity index (χ3v) is 7.81. The highest BCUT2D eigenvalue weighted by Gasteiger charge is 2.25. The summed E-state index contributed by atoms with van der Waals surface area (Å²) >= 11 is 8.20. The van der Waals surface area contributed by atoms with Gasteiger partial charge in [-0.3, -0.25) is 9.88 Å². The number of piperazine rings is 1. The number of pyridine rings is 1. The summed E-state index contributed by atoms with van der Waals surface area (Å²) < 4.78 is 0. The number of halogens is 1. The van der Waals surface area contributed by atoms with Crippen molar-refractivity contribution in [1.82, 2.24) is 25.2 Å². The lowest BCUT2D eigenvalue weighted by Gasteiger charge is -2.34. The molecule has 1 atom stereocenters. The normalized spacial score (nSPS) is 15.6. The number of nitrogens with zero attached hydrogens (tertiary/aromatic N) is 3. The summed E-state index contributed by atoms with van der Waals surface area (Å²) in [7, 11) is 0. The van der Waals surface area contributed by atoms with Crippen molar-refractivity contribution in [2.75, 3.05) is 26.2 Å². The molecular formula is C27H24ClN5S. The maximum absolute atomic E-state index is 6.34. The molecule has 0 amide bonds. The van der Waals surface area contributed by atoms with Gasteiger partial charge in [-0.05, 0) is 53.6 Å². The highest BCUT2D eigenvalue weighted by Crippen LogP contribution is 2.38. The molecule has 1 fully saturated rings. The van der Waals surface area contributed by atoms with E-state index in [1.807, 2.05) is 41.9 Å². The molecular weight excluding hydrogens is 462 g/mol. The molecule has 0 spiro atoms. The summed E-state index contributed by atoms with van der Waals surface area (Å²) in [6.45, 7) is 4.10. The second kappa shape index (κ2) is 9.31. The predicted octanol–water partition coefficient (Wildman–Crippen LogP) is 6.00. The van der Waals surface area contributed by atoms with E-state index in [1.165, 1.54) is 20.9 Å². The van der Waals surface area contributed by atoms with Crippen molar-refractivity contribution in [3.05, 3.63) is 94.6 Å². The summed E-state index contributed by atoms with van der Waals surface area (Å²) in [5, 5.41) is 4.13. The van der Waals surface area contributed by atoms with Gasteiger partial charge in [-0.2, -0.15) is 0 Å². The molecule has 1 saturated heterocycles. The van der Waals surface area contributed by atoms with Crippen molar-refractivity contribution in [1.29, 1.82) is 0 Å². The van der Waals surface area contributed by atoms with Gasteiger partial charge in [-0.25, -0.2) is 4.98 Å². The van der Waals surface area contributed by atoms with E-state index in [1.54, 1.807) is 0 Å². The minimum Gasteiger partial charge on any atom is -0.338 e. The molecule has 4 heterocycles. The quantitative estimate of drug-likeness (QED) is 0.320. The molecule has 1 unspecified atom stereocenters. The van der Waals surface area contributed by atoms with E-state index in [4.69, 9.17) is 16.6 Å². The molecule has 0 aliphatic carbocycles. The third kappa shape index (κ3) is 4.14. The SMILES string of the molecule is Clc1cccc2[nH]c(-c3cccc(-c4ccc(C(c5ccncc5)N5CCNCC5)s4)c3)nc12. The fourth-order valence-electron chi connectivity index (χ4n) is 4.65. The van der Waals surface area contributed by atoms with Crippen molar-refractivity contribution >= 4 is 34.0 Å². The van der Waals surface area contributed by atoms with Crippen molar-refractivity contribution < 1.29 is 0 Å². The lowest BCUT2D eigenvalue weighted by molar-refractivity contribution is 0.200. The monoisotopic (exact) mass is 485 g/mol. The number of aromatic amines is 1. The number of rotatable bonds is 5. The number of imidazole rings is 1. The van der Waals surface area contributed by atoms with Gasteiger partial charge >= 0.3 is 0 Å². The summed E-state index contributed by atoms with van der Waals surface area (Å²) in [6.07, 6.45) is 3.78. The second-order valence-electron chi connectivity index (χ2n) is 8.47. The lowest BCUT2D eigenvalue weighted by Crippen LogP contribution is -2.45. The fourth-order valence-corrected chi connectivity index (χ4v) is 6.03. The first kappa shape index (κ1) is 21.5. The van der Waals surface area contributed by atoms with Crippen molar-refractivity contribution in [3.8, 4) is 21.8 Å². The van der Waals surface area contributed by atoms with Gasteiger partial charge < -0.3 is 10.3 Å². The van der Waals surface area contributed by atoms with Crippen LogP contribution in [-0.2, 0) is 0 Å². The van der Waals surface area contributed by atoms with Gasteiger partial charge in [0, 0.05) is 53.9 Å². The molecule has 5 aromatic rings. The van der Waals surface area contributed by atoms with Crippen LogP contribution >= 0.6 is 22.9 Å². The van der Waals surface area contributed by atoms with Crippen LogP contribution in [0.4, 0.5) is 0 Å². The molecule has 0 radical (unpaired) electrons. The first-order valence-corrected chi connectivity index (χ1v) is 12.7. The fraction of sp³-hybridized carbons (Fsp3) is 0.185. The Morgan fingerprint density at radius 3 is 2.53 bits per heavy atom. The summed E-state index contributed by atoms with van der Waals surface area (Å²) in [5.41, 5.74) is 5.28. The van der Waals surface area contributed by atoms with E-state index in [0.29, 0.717) is 5.02 Å². The van der Waals surface area contributed by atoms with Crippen LogP contribution in [-0.4, -0.2) is 46.0 Å². The van der Waals surface area contributed by atoms with E-state index in [9.17, 15) is 0 Å². The Labute approximate surface area is 207 Å². The molecule has 6 rings (SSSR count). The first-order chi connectivity index (χ1) is 16.8. The average molecular weight is 486 g/mol. The zero-order chi connectivity index (χ0) is 22.9. The molecule has 0 bridgehead atoms. The molecule has 0 saturated carbocycles. The number of thiophene rings is 1. The van der Waals surface area contributed by atoms with Crippen LogP contribution in [0.3, 0.4) is 0 Å². The maximum Gasteiger partial charge on any atom is 0.138 e. The van der Waals surface area contributed by atoms with Gasteiger partial charge in [-0.1, -0.05) is 35.9 Å². The molecule has 3 aromatic heterocycles. The Hall–Kier alpha value is -3.03. The molecule has 170 valence electrons. The van der Waals surface area contributed by atoms with E-state index in [2.05, 4.69) is 68.7 Å². The van der Waals surface area contributed by atoms with Crippen LogP contribution in [0.15, 0.2) is 79.1 Å². The van der Waals surface area contributed by atoms with Gasteiger partial charge in [0.15, 0.2) is 0 Å². The van der Waals surface area contributed by atoms with Gasteiger partial charge in [0.25, 0.3) is 0 Å². The minimum absolute atomic E-state index is 0.240. The highest BCUT2D eigenvalue weighted by molar-refractivity contribution is 7.15. The van der Waals surface area contributed by atoms with E-state index < -0.39 is 0 Å². The van der Waals surface area contributed by atoms with E-state index in [-0.39, 0.29) is 6.04 Å². The molecule has 1 aliphatic heterocycles. The van der Waals surface area contributed by atoms with Crippen LogP contribution < -0.4 is 5.32 Å².